The van der Waals surface area contributed by atoms with Crippen LogP contribution in [-0.4, -0.2) is 54.1 Å². The van der Waals surface area contributed by atoms with Crippen LogP contribution in [0.4, 0.5) is 11.4 Å². The first-order valence-corrected chi connectivity index (χ1v) is 11.3. The summed E-state index contributed by atoms with van der Waals surface area (Å²) in [5, 5.41) is 12.7. The molecule has 2 fully saturated rings. The molecule has 2 N–H and O–H groups in total. The maximum atomic E-state index is 12.6. The molecule has 0 spiro atoms. The van der Waals surface area contributed by atoms with E-state index in [1.807, 2.05) is 31.2 Å². The van der Waals surface area contributed by atoms with Gasteiger partial charge in [-0.05, 0) is 75.5 Å². The number of rotatable bonds is 5. The van der Waals surface area contributed by atoms with Crippen molar-refractivity contribution < 1.29 is 14.7 Å². The largest absolute Gasteiger partial charge is 0.478 e. The number of piperidine rings is 2. The van der Waals surface area contributed by atoms with Gasteiger partial charge in [-0.3, -0.25) is 4.79 Å². The van der Waals surface area contributed by atoms with Crippen molar-refractivity contribution in [2.24, 2.45) is 0 Å². The highest BCUT2D eigenvalue weighted by atomic mass is 16.4. The van der Waals surface area contributed by atoms with Gasteiger partial charge in [0.15, 0.2) is 0 Å². The predicted molar refractivity (Wildman–Crippen MR) is 123 cm³/mol. The second-order valence-electron chi connectivity index (χ2n) is 8.62. The van der Waals surface area contributed by atoms with E-state index < -0.39 is 5.97 Å². The number of hydrogen-bond acceptors (Lipinski definition) is 4. The fourth-order valence-electron chi connectivity index (χ4n) is 4.84. The second-order valence-corrected chi connectivity index (χ2v) is 8.62. The van der Waals surface area contributed by atoms with Gasteiger partial charge in [0.2, 0.25) is 0 Å². The average molecular weight is 422 g/mol. The Labute approximate surface area is 183 Å². The van der Waals surface area contributed by atoms with E-state index in [-0.39, 0.29) is 11.5 Å². The van der Waals surface area contributed by atoms with E-state index in [2.05, 4.69) is 15.1 Å². The number of carboxylic acids is 1. The molecule has 6 heteroatoms. The number of carbonyl (C=O) groups is 2. The Kier molecular flexibility index (Phi) is 6.56. The maximum Gasteiger partial charge on any atom is 0.337 e. The molecule has 0 unspecified atom stereocenters. The lowest BCUT2D eigenvalue weighted by Gasteiger charge is -2.41. The van der Waals surface area contributed by atoms with Gasteiger partial charge in [0.1, 0.15) is 0 Å². The van der Waals surface area contributed by atoms with E-state index >= 15 is 0 Å². The number of aromatic carboxylic acids is 1. The molecule has 2 aliphatic rings. The molecular weight excluding hydrogens is 390 g/mol. The third-order valence-corrected chi connectivity index (χ3v) is 6.59. The summed E-state index contributed by atoms with van der Waals surface area (Å²) in [6.45, 7) is 5.99. The molecule has 0 atom stereocenters. The van der Waals surface area contributed by atoms with E-state index in [0.29, 0.717) is 17.3 Å². The quantitative estimate of drug-likeness (QED) is 0.749. The molecule has 0 bridgehead atoms. The van der Waals surface area contributed by atoms with Crippen molar-refractivity contribution in [2.45, 2.75) is 45.1 Å². The molecule has 2 heterocycles. The molecule has 6 nitrogen and oxygen atoms in total. The molecule has 31 heavy (non-hydrogen) atoms. The normalized spacial score (nSPS) is 18.0. The summed E-state index contributed by atoms with van der Waals surface area (Å²) < 4.78 is 0. The Bertz CT molecular complexity index is 945. The predicted octanol–water partition coefficient (Wildman–Crippen LogP) is 4.40. The highest BCUT2D eigenvalue weighted by molar-refractivity contribution is 6.06. The Balaban J connectivity index is 1.46. The summed E-state index contributed by atoms with van der Waals surface area (Å²) in [6.07, 6.45) is 6.04. The minimum absolute atomic E-state index is 0.232. The molecule has 164 valence electrons. The van der Waals surface area contributed by atoms with Crippen LogP contribution in [0.15, 0.2) is 42.5 Å². The summed E-state index contributed by atoms with van der Waals surface area (Å²) in [4.78, 5) is 29.4. The molecule has 2 saturated heterocycles. The van der Waals surface area contributed by atoms with Gasteiger partial charge in [-0.25, -0.2) is 4.79 Å². The van der Waals surface area contributed by atoms with Crippen molar-refractivity contribution in [2.75, 3.05) is 36.4 Å². The van der Waals surface area contributed by atoms with Crippen LogP contribution in [0.1, 0.15) is 58.4 Å². The molecule has 0 radical (unpaired) electrons. The number of carboxylic acid groups (broad SMARTS) is 1. The van der Waals surface area contributed by atoms with Crippen molar-refractivity contribution in [1.29, 1.82) is 0 Å². The first-order valence-electron chi connectivity index (χ1n) is 11.3. The monoisotopic (exact) mass is 421 g/mol. The molecular formula is C25H31N3O3. The molecule has 0 aromatic heterocycles. The molecule has 2 aromatic rings. The number of anilines is 2. The first kappa shape index (κ1) is 21.4. The summed E-state index contributed by atoms with van der Waals surface area (Å²) in [5.41, 5.74) is 2.94. The van der Waals surface area contributed by atoms with Gasteiger partial charge in [-0.2, -0.15) is 0 Å². The lowest BCUT2D eigenvalue weighted by Crippen LogP contribution is -2.47. The summed E-state index contributed by atoms with van der Waals surface area (Å²) in [6, 6.07) is 13.2. The second kappa shape index (κ2) is 9.52. The van der Waals surface area contributed by atoms with Crippen LogP contribution >= 0.6 is 0 Å². The minimum atomic E-state index is -0.972. The third-order valence-electron chi connectivity index (χ3n) is 6.59. The third kappa shape index (κ3) is 4.90. The summed E-state index contributed by atoms with van der Waals surface area (Å²) >= 11 is 0. The number of likely N-dealkylation sites (tertiary alicyclic amines) is 1. The fraction of sp³-hybridized carbons (Fsp3) is 0.440. The van der Waals surface area contributed by atoms with Crippen LogP contribution < -0.4 is 10.2 Å². The van der Waals surface area contributed by atoms with Crippen LogP contribution in [-0.2, 0) is 0 Å². The van der Waals surface area contributed by atoms with Gasteiger partial charge < -0.3 is 20.2 Å². The highest BCUT2D eigenvalue weighted by Crippen LogP contribution is 2.29. The van der Waals surface area contributed by atoms with Gasteiger partial charge in [-0.1, -0.05) is 24.6 Å². The van der Waals surface area contributed by atoms with Crippen LogP contribution in [0, 0.1) is 6.92 Å². The topological polar surface area (TPSA) is 72.9 Å². The zero-order valence-electron chi connectivity index (χ0n) is 18.1. The van der Waals surface area contributed by atoms with Crippen molar-refractivity contribution in [1.82, 2.24) is 4.90 Å². The lowest BCUT2D eigenvalue weighted by atomic mass is 9.98. The van der Waals surface area contributed by atoms with Gasteiger partial charge in [0.25, 0.3) is 5.91 Å². The van der Waals surface area contributed by atoms with Crippen LogP contribution in [0.3, 0.4) is 0 Å². The zero-order chi connectivity index (χ0) is 21.8. The van der Waals surface area contributed by atoms with Gasteiger partial charge in [-0.15, -0.1) is 0 Å². The van der Waals surface area contributed by atoms with E-state index in [1.54, 1.807) is 18.2 Å². The zero-order valence-corrected chi connectivity index (χ0v) is 18.1. The number of carbonyl (C=O) groups excluding carboxylic acids is 1. The maximum absolute atomic E-state index is 12.6. The Morgan fingerprint density at radius 3 is 2.32 bits per heavy atom. The number of benzene rings is 2. The lowest BCUT2D eigenvalue weighted by molar-refractivity contribution is 0.0697. The Morgan fingerprint density at radius 1 is 0.935 bits per heavy atom. The summed E-state index contributed by atoms with van der Waals surface area (Å²) in [5.74, 6) is -1.20. The van der Waals surface area contributed by atoms with Gasteiger partial charge in [0.05, 0.1) is 11.3 Å². The molecule has 2 aromatic carbocycles. The number of amides is 1. The molecule has 0 saturated carbocycles. The fourth-order valence-corrected chi connectivity index (χ4v) is 4.84. The molecule has 2 aliphatic heterocycles. The Morgan fingerprint density at radius 2 is 1.65 bits per heavy atom. The first-order chi connectivity index (χ1) is 15.0. The molecule has 0 aliphatic carbocycles. The smallest absolute Gasteiger partial charge is 0.337 e. The molecule has 4 rings (SSSR count). The average Bonchev–Trinajstić information content (AvgIpc) is 2.80. The van der Waals surface area contributed by atoms with Crippen molar-refractivity contribution in [3.8, 4) is 0 Å². The highest BCUT2D eigenvalue weighted by Gasteiger charge is 2.27. The van der Waals surface area contributed by atoms with E-state index in [1.165, 1.54) is 32.4 Å². The van der Waals surface area contributed by atoms with Crippen molar-refractivity contribution in [3.63, 3.8) is 0 Å². The van der Waals surface area contributed by atoms with Crippen molar-refractivity contribution in [3.05, 3.63) is 59.2 Å². The standard InChI is InChI=1S/C25H31N3O3/c1-18-7-3-4-8-21(18)24(29)26-19-9-10-23(22(17-19)25(30)31)28-15-11-20(12-16-28)27-13-5-2-6-14-27/h3-4,7-10,17,20H,2,5-6,11-16H2,1H3,(H,26,29)(H,30,31). The van der Waals surface area contributed by atoms with Crippen LogP contribution in [0.2, 0.25) is 0 Å². The summed E-state index contributed by atoms with van der Waals surface area (Å²) in [7, 11) is 0. The van der Waals surface area contributed by atoms with Gasteiger partial charge in [0, 0.05) is 30.4 Å². The minimum Gasteiger partial charge on any atom is -0.478 e. The van der Waals surface area contributed by atoms with E-state index in [0.717, 1.165) is 37.2 Å². The number of aryl methyl sites for hydroxylation is 1. The van der Waals surface area contributed by atoms with Crippen LogP contribution in [0.25, 0.3) is 0 Å². The van der Waals surface area contributed by atoms with Crippen molar-refractivity contribution >= 4 is 23.3 Å². The van der Waals surface area contributed by atoms with Gasteiger partial charge >= 0.3 is 5.97 Å². The molecule has 1 amide bonds. The van der Waals surface area contributed by atoms with E-state index in [4.69, 9.17) is 0 Å². The SMILES string of the molecule is Cc1ccccc1C(=O)Nc1ccc(N2CCC(N3CCCCC3)CC2)c(C(=O)O)c1. The number of nitrogens with zero attached hydrogens (tertiary/aromatic N) is 2. The Hall–Kier alpha value is -2.86. The van der Waals surface area contributed by atoms with Crippen LogP contribution in [0.5, 0.6) is 0 Å². The van der Waals surface area contributed by atoms with E-state index in [9.17, 15) is 14.7 Å². The number of nitrogens with one attached hydrogen (secondary N) is 1. The number of hydrogen-bond donors (Lipinski definition) is 2.